The maximum Gasteiger partial charge on any atom is 0.251 e. The average Bonchev–Trinajstić information content (AvgIpc) is 2.43. The van der Waals surface area contributed by atoms with Crippen molar-refractivity contribution in [3.8, 4) is 0 Å². The van der Waals surface area contributed by atoms with Gasteiger partial charge in [0.2, 0.25) is 5.91 Å². The highest BCUT2D eigenvalue weighted by Gasteiger charge is 2.34. The third-order valence-corrected chi connectivity index (χ3v) is 3.65. The molecule has 0 spiro atoms. The van der Waals surface area contributed by atoms with Gasteiger partial charge in [-0.1, -0.05) is 18.2 Å². The summed E-state index contributed by atoms with van der Waals surface area (Å²) in [6, 6.07) is 8.11. The molecule has 2 rings (SSSR count). The van der Waals surface area contributed by atoms with E-state index in [9.17, 15) is 14.7 Å². The second-order valence-electron chi connectivity index (χ2n) is 5.36. The monoisotopic (exact) mass is 276 g/mol. The Hall–Kier alpha value is -1.88. The van der Waals surface area contributed by atoms with Crippen LogP contribution < -0.4 is 10.6 Å². The second-order valence-corrected chi connectivity index (χ2v) is 5.36. The summed E-state index contributed by atoms with van der Waals surface area (Å²) < 4.78 is 0. The van der Waals surface area contributed by atoms with Gasteiger partial charge in [-0.25, -0.2) is 0 Å². The van der Waals surface area contributed by atoms with Crippen molar-refractivity contribution in [2.45, 2.75) is 37.8 Å². The first-order valence-electron chi connectivity index (χ1n) is 6.86. The molecule has 0 bridgehead atoms. The van der Waals surface area contributed by atoms with E-state index in [0.29, 0.717) is 5.56 Å². The van der Waals surface area contributed by atoms with Gasteiger partial charge in [0.25, 0.3) is 5.91 Å². The number of benzene rings is 1. The Labute approximate surface area is 118 Å². The summed E-state index contributed by atoms with van der Waals surface area (Å²) in [5, 5.41) is 15.2. The van der Waals surface area contributed by atoms with E-state index in [1.807, 2.05) is 6.07 Å². The topological polar surface area (TPSA) is 78.4 Å². The first-order valence-corrected chi connectivity index (χ1v) is 6.86. The number of carbonyl (C=O) groups excluding carboxylic acids is 2. The average molecular weight is 276 g/mol. The summed E-state index contributed by atoms with van der Waals surface area (Å²) in [5.74, 6) is -0.565. The fourth-order valence-electron chi connectivity index (χ4n) is 2.10. The minimum absolute atomic E-state index is 0.247. The number of rotatable bonds is 5. The van der Waals surface area contributed by atoms with E-state index in [1.54, 1.807) is 31.2 Å². The van der Waals surface area contributed by atoms with E-state index in [-0.39, 0.29) is 18.4 Å². The summed E-state index contributed by atoms with van der Waals surface area (Å²) in [6.07, 6.45) is 2.43. The molecule has 0 saturated heterocycles. The molecule has 5 nitrogen and oxygen atoms in total. The molecule has 1 aromatic carbocycles. The molecule has 0 radical (unpaired) electrons. The zero-order valence-corrected chi connectivity index (χ0v) is 11.6. The van der Waals surface area contributed by atoms with Crippen LogP contribution in [0.3, 0.4) is 0 Å². The van der Waals surface area contributed by atoms with Gasteiger partial charge in [-0.2, -0.15) is 0 Å². The van der Waals surface area contributed by atoms with Crippen LogP contribution in [0, 0.1) is 0 Å². The summed E-state index contributed by atoms with van der Waals surface area (Å²) >= 11 is 0. The highest BCUT2D eigenvalue weighted by atomic mass is 16.3. The molecule has 108 valence electrons. The Morgan fingerprint density at radius 3 is 2.50 bits per heavy atom. The molecule has 20 heavy (non-hydrogen) atoms. The summed E-state index contributed by atoms with van der Waals surface area (Å²) in [6.45, 7) is 1.87. The van der Waals surface area contributed by atoms with Crippen LogP contribution in [0.1, 0.15) is 36.5 Å². The van der Waals surface area contributed by atoms with Gasteiger partial charge in [0.05, 0.1) is 5.60 Å². The van der Waals surface area contributed by atoms with E-state index in [2.05, 4.69) is 10.6 Å². The number of nitrogens with one attached hydrogen (secondary N) is 2. The van der Waals surface area contributed by atoms with Crippen molar-refractivity contribution >= 4 is 11.8 Å². The maximum absolute atomic E-state index is 11.9. The lowest BCUT2D eigenvalue weighted by atomic mass is 9.80. The third kappa shape index (κ3) is 3.57. The zero-order valence-electron chi connectivity index (χ0n) is 11.6. The van der Waals surface area contributed by atoms with Crippen molar-refractivity contribution in [2.24, 2.45) is 0 Å². The first-order chi connectivity index (χ1) is 9.50. The minimum atomic E-state index is -0.751. The second kappa shape index (κ2) is 6.05. The lowest BCUT2D eigenvalue weighted by Gasteiger charge is -2.36. The molecule has 1 aromatic rings. The minimum Gasteiger partial charge on any atom is -0.388 e. The quantitative estimate of drug-likeness (QED) is 0.745. The van der Waals surface area contributed by atoms with Crippen molar-refractivity contribution in [3.05, 3.63) is 35.9 Å². The number of hydrogen-bond donors (Lipinski definition) is 3. The van der Waals surface area contributed by atoms with Gasteiger partial charge >= 0.3 is 0 Å². The zero-order chi connectivity index (χ0) is 14.6. The van der Waals surface area contributed by atoms with Crippen molar-refractivity contribution < 1.29 is 14.7 Å². The lowest BCUT2D eigenvalue weighted by molar-refractivity contribution is -0.125. The maximum atomic E-state index is 11.9. The molecule has 2 amide bonds. The lowest BCUT2D eigenvalue weighted by Crippen LogP contribution is -2.52. The SMILES string of the molecule is CC(NC(=O)c1ccccc1)C(=O)NCC1(O)CCC1. The molecule has 1 unspecified atom stereocenters. The Bertz CT molecular complexity index is 483. The molecular formula is C15H20N2O3. The van der Waals surface area contributed by atoms with Crippen LogP contribution in [0.5, 0.6) is 0 Å². The van der Waals surface area contributed by atoms with Crippen molar-refractivity contribution in [2.75, 3.05) is 6.54 Å². The van der Waals surface area contributed by atoms with Gasteiger partial charge in [0.1, 0.15) is 6.04 Å². The number of aliphatic hydroxyl groups is 1. The fourth-order valence-corrected chi connectivity index (χ4v) is 2.10. The number of amides is 2. The molecule has 1 saturated carbocycles. The molecule has 1 fully saturated rings. The Kier molecular flexibility index (Phi) is 4.39. The third-order valence-electron chi connectivity index (χ3n) is 3.65. The fraction of sp³-hybridized carbons (Fsp3) is 0.467. The molecule has 3 N–H and O–H groups in total. The van der Waals surface area contributed by atoms with Gasteiger partial charge in [0, 0.05) is 12.1 Å². The molecule has 0 aliphatic heterocycles. The number of hydrogen-bond acceptors (Lipinski definition) is 3. The van der Waals surface area contributed by atoms with E-state index < -0.39 is 11.6 Å². The van der Waals surface area contributed by atoms with Crippen LogP contribution in [0.2, 0.25) is 0 Å². The van der Waals surface area contributed by atoms with Crippen LogP contribution in [0.25, 0.3) is 0 Å². The Balaban J connectivity index is 1.80. The van der Waals surface area contributed by atoms with Gasteiger partial charge in [-0.05, 0) is 38.3 Å². The smallest absolute Gasteiger partial charge is 0.251 e. The molecular weight excluding hydrogens is 256 g/mol. The highest BCUT2D eigenvalue weighted by molar-refractivity contribution is 5.97. The van der Waals surface area contributed by atoms with Crippen LogP contribution >= 0.6 is 0 Å². The van der Waals surface area contributed by atoms with E-state index in [1.165, 1.54) is 0 Å². The molecule has 1 atom stereocenters. The summed E-state index contributed by atoms with van der Waals surface area (Å²) in [4.78, 5) is 23.7. The Morgan fingerprint density at radius 2 is 1.95 bits per heavy atom. The van der Waals surface area contributed by atoms with Crippen LogP contribution in [0.4, 0.5) is 0 Å². The van der Waals surface area contributed by atoms with Crippen molar-refractivity contribution in [1.29, 1.82) is 0 Å². The van der Waals surface area contributed by atoms with Crippen LogP contribution in [0.15, 0.2) is 30.3 Å². The van der Waals surface area contributed by atoms with Crippen LogP contribution in [-0.4, -0.2) is 35.1 Å². The van der Waals surface area contributed by atoms with Gasteiger partial charge in [-0.15, -0.1) is 0 Å². The molecule has 1 aliphatic carbocycles. The van der Waals surface area contributed by atoms with Gasteiger partial charge < -0.3 is 15.7 Å². The van der Waals surface area contributed by atoms with E-state index in [4.69, 9.17) is 0 Å². The number of carbonyl (C=O) groups is 2. The predicted molar refractivity (Wildman–Crippen MR) is 75.2 cm³/mol. The Morgan fingerprint density at radius 1 is 1.30 bits per heavy atom. The van der Waals surface area contributed by atoms with Gasteiger partial charge in [0.15, 0.2) is 0 Å². The highest BCUT2D eigenvalue weighted by Crippen LogP contribution is 2.30. The van der Waals surface area contributed by atoms with Gasteiger partial charge in [-0.3, -0.25) is 9.59 Å². The molecule has 0 heterocycles. The molecule has 5 heteroatoms. The van der Waals surface area contributed by atoms with Crippen LogP contribution in [-0.2, 0) is 4.79 Å². The largest absolute Gasteiger partial charge is 0.388 e. The first kappa shape index (κ1) is 14.5. The summed E-state index contributed by atoms with van der Waals surface area (Å²) in [7, 11) is 0. The predicted octanol–water partition coefficient (Wildman–Crippen LogP) is 0.836. The summed E-state index contributed by atoms with van der Waals surface area (Å²) in [5.41, 5.74) is -0.233. The van der Waals surface area contributed by atoms with E-state index >= 15 is 0 Å². The molecule has 1 aliphatic rings. The standard InChI is InChI=1S/C15H20N2O3/c1-11(13(18)16-10-15(20)8-5-9-15)17-14(19)12-6-3-2-4-7-12/h2-4,6-7,11,20H,5,8-10H2,1H3,(H,16,18)(H,17,19). The van der Waals surface area contributed by atoms with Crippen molar-refractivity contribution in [3.63, 3.8) is 0 Å². The normalized spacial score (nSPS) is 17.7. The van der Waals surface area contributed by atoms with Crippen molar-refractivity contribution in [1.82, 2.24) is 10.6 Å². The van der Waals surface area contributed by atoms with E-state index in [0.717, 1.165) is 19.3 Å². The molecule has 0 aromatic heterocycles.